The van der Waals surface area contributed by atoms with Gasteiger partial charge in [0.05, 0.1) is 11.1 Å². The van der Waals surface area contributed by atoms with Crippen molar-refractivity contribution in [2.75, 3.05) is 4.72 Å². The molecule has 1 N–H and O–H groups in total. The molecule has 0 fully saturated rings. The molecule has 2 aromatic carbocycles. The van der Waals surface area contributed by atoms with E-state index in [-0.39, 0.29) is 5.69 Å². The second-order valence-electron chi connectivity index (χ2n) is 5.24. The number of benzene rings is 2. The van der Waals surface area contributed by atoms with Crippen LogP contribution in [-0.4, -0.2) is 8.42 Å². The minimum atomic E-state index is -3.77. The van der Waals surface area contributed by atoms with Crippen LogP contribution in [0.5, 0.6) is 0 Å². The fourth-order valence-electron chi connectivity index (χ4n) is 2.34. The van der Waals surface area contributed by atoms with E-state index in [0.717, 1.165) is 27.7 Å². The summed E-state index contributed by atoms with van der Waals surface area (Å²) in [5, 5.41) is 1.06. The smallest absolute Gasteiger partial charge is 0.255 e. The lowest BCUT2D eigenvalue weighted by Gasteiger charge is -2.08. The summed E-state index contributed by atoms with van der Waals surface area (Å²) in [5.74, 6) is -0.609. The number of aryl methyl sites for hydroxylation is 3. The molecule has 0 atom stereocenters. The Morgan fingerprint density at radius 3 is 2.23 bits per heavy atom. The van der Waals surface area contributed by atoms with Crippen LogP contribution >= 0.6 is 0 Å². The van der Waals surface area contributed by atoms with E-state index in [1.165, 1.54) is 24.3 Å². The zero-order valence-electron chi connectivity index (χ0n) is 12.7. The molecule has 0 aromatic heterocycles. The van der Waals surface area contributed by atoms with Gasteiger partial charge in [-0.1, -0.05) is 29.8 Å². The number of halogens is 1. The molecule has 0 saturated heterocycles. The molecular formula is C17H18FNO2S. The molecule has 2 rings (SSSR count). The zero-order valence-corrected chi connectivity index (χ0v) is 13.5. The van der Waals surface area contributed by atoms with Crippen LogP contribution in [0.15, 0.2) is 41.8 Å². The van der Waals surface area contributed by atoms with Crippen LogP contribution in [-0.2, 0) is 10.0 Å². The predicted octanol–water partition coefficient (Wildman–Crippen LogP) is 4.16. The molecule has 116 valence electrons. The van der Waals surface area contributed by atoms with Crippen molar-refractivity contribution < 1.29 is 12.8 Å². The quantitative estimate of drug-likeness (QED) is 0.919. The average molecular weight is 319 g/mol. The van der Waals surface area contributed by atoms with Crippen molar-refractivity contribution in [2.45, 2.75) is 20.8 Å². The normalized spacial score (nSPS) is 11.8. The van der Waals surface area contributed by atoms with E-state index < -0.39 is 15.8 Å². The van der Waals surface area contributed by atoms with Crippen LogP contribution in [0.1, 0.15) is 22.3 Å². The predicted molar refractivity (Wildman–Crippen MR) is 88.6 cm³/mol. The minimum Gasteiger partial charge on any atom is -0.277 e. The summed E-state index contributed by atoms with van der Waals surface area (Å²) >= 11 is 0. The fourth-order valence-corrected chi connectivity index (χ4v) is 3.20. The van der Waals surface area contributed by atoms with Gasteiger partial charge in [-0.05, 0) is 55.7 Å². The summed E-state index contributed by atoms with van der Waals surface area (Å²) in [7, 11) is -3.77. The Hall–Kier alpha value is -2.14. The van der Waals surface area contributed by atoms with Gasteiger partial charge in [-0.15, -0.1) is 0 Å². The Morgan fingerprint density at radius 2 is 1.64 bits per heavy atom. The molecule has 0 unspecified atom stereocenters. The van der Waals surface area contributed by atoms with Crippen LogP contribution < -0.4 is 4.72 Å². The van der Waals surface area contributed by atoms with Crippen LogP contribution in [0.4, 0.5) is 10.1 Å². The molecule has 0 radical (unpaired) electrons. The Kier molecular flexibility index (Phi) is 4.66. The maximum atomic E-state index is 13.5. The van der Waals surface area contributed by atoms with E-state index in [9.17, 15) is 12.8 Å². The molecule has 0 aliphatic rings. The van der Waals surface area contributed by atoms with E-state index in [2.05, 4.69) is 4.72 Å². The first kappa shape index (κ1) is 16.2. The van der Waals surface area contributed by atoms with E-state index in [4.69, 9.17) is 0 Å². The average Bonchev–Trinajstić information content (AvgIpc) is 2.40. The van der Waals surface area contributed by atoms with Gasteiger partial charge >= 0.3 is 0 Å². The van der Waals surface area contributed by atoms with Gasteiger partial charge in [0, 0.05) is 0 Å². The molecule has 0 aliphatic heterocycles. The molecule has 0 aliphatic carbocycles. The van der Waals surface area contributed by atoms with Gasteiger partial charge in [0.25, 0.3) is 10.0 Å². The Labute approximate surface area is 130 Å². The number of sulfonamides is 1. The van der Waals surface area contributed by atoms with E-state index in [1.807, 2.05) is 32.9 Å². The van der Waals surface area contributed by atoms with Crippen molar-refractivity contribution in [1.29, 1.82) is 0 Å². The molecule has 2 aromatic rings. The fraction of sp³-hybridized carbons (Fsp3) is 0.176. The summed E-state index contributed by atoms with van der Waals surface area (Å²) < 4.78 is 39.8. The van der Waals surface area contributed by atoms with Crippen molar-refractivity contribution in [3.05, 3.63) is 69.9 Å². The molecule has 0 amide bonds. The van der Waals surface area contributed by atoms with Gasteiger partial charge in [-0.25, -0.2) is 12.8 Å². The standard InChI is InChI=1S/C17H18FNO2S/c1-12-10-13(2)15(14(3)11-12)8-9-22(20,21)19-17-7-5-4-6-16(17)18/h4-11,19H,1-3H3/b9-8+. The topological polar surface area (TPSA) is 46.2 Å². The van der Waals surface area contributed by atoms with E-state index in [1.54, 1.807) is 6.07 Å². The Bertz CT molecular complexity index is 803. The zero-order chi connectivity index (χ0) is 16.3. The number of hydrogen-bond acceptors (Lipinski definition) is 2. The van der Waals surface area contributed by atoms with Gasteiger partial charge in [0.2, 0.25) is 0 Å². The molecule has 0 spiro atoms. The Balaban J connectivity index is 2.28. The number of nitrogens with one attached hydrogen (secondary N) is 1. The summed E-state index contributed by atoms with van der Waals surface area (Å²) in [4.78, 5) is 0. The highest BCUT2D eigenvalue weighted by Crippen LogP contribution is 2.19. The first-order valence-electron chi connectivity index (χ1n) is 6.82. The van der Waals surface area contributed by atoms with Crippen molar-refractivity contribution in [3.63, 3.8) is 0 Å². The second-order valence-corrected chi connectivity index (χ2v) is 6.81. The number of hydrogen-bond donors (Lipinski definition) is 1. The van der Waals surface area contributed by atoms with Crippen molar-refractivity contribution >= 4 is 21.8 Å². The first-order chi connectivity index (χ1) is 10.3. The van der Waals surface area contributed by atoms with E-state index >= 15 is 0 Å². The van der Waals surface area contributed by atoms with Crippen LogP contribution in [0.25, 0.3) is 6.08 Å². The highest BCUT2D eigenvalue weighted by molar-refractivity contribution is 7.95. The van der Waals surface area contributed by atoms with Gasteiger partial charge in [-0.2, -0.15) is 0 Å². The number of rotatable bonds is 4. The van der Waals surface area contributed by atoms with Gasteiger partial charge in [0.1, 0.15) is 5.82 Å². The highest BCUT2D eigenvalue weighted by atomic mass is 32.2. The summed E-state index contributed by atoms with van der Waals surface area (Å²) in [6.45, 7) is 5.84. The molecule has 0 heterocycles. The molecule has 3 nitrogen and oxygen atoms in total. The third kappa shape index (κ3) is 3.95. The lowest BCUT2D eigenvalue weighted by Crippen LogP contribution is -2.10. The molecule has 22 heavy (non-hydrogen) atoms. The first-order valence-corrected chi connectivity index (χ1v) is 8.36. The summed E-state index contributed by atoms with van der Waals surface area (Å²) in [5.41, 5.74) is 3.90. The highest BCUT2D eigenvalue weighted by Gasteiger charge is 2.10. The van der Waals surface area contributed by atoms with Gasteiger partial charge in [-0.3, -0.25) is 4.72 Å². The maximum Gasteiger partial charge on any atom is 0.255 e. The third-order valence-electron chi connectivity index (χ3n) is 3.28. The van der Waals surface area contributed by atoms with Crippen LogP contribution in [0.2, 0.25) is 0 Å². The lowest BCUT2D eigenvalue weighted by molar-refractivity contribution is 0.606. The summed E-state index contributed by atoms with van der Waals surface area (Å²) in [6.07, 6.45) is 1.54. The minimum absolute atomic E-state index is 0.0653. The SMILES string of the molecule is Cc1cc(C)c(/C=C/S(=O)(=O)Nc2ccccc2F)c(C)c1. The van der Waals surface area contributed by atoms with Gasteiger partial charge in [0.15, 0.2) is 0 Å². The maximum absolute atomic E-state index is 13.5. The van der Waals surface area contributed by atoms with Gasteiger partial charge < -0.3 is 0 Å². The van der Waals surface area contributed by atoms with Crippen molar-refractivity contribution in [1.82, 2.24) is 0 Å². The van der Waals surface area contributed by atoms with Crippen molar-refractivity contribution in [3.8, 4) is 0 Å². The second kappa shape index (κ2) is 6.32. The van der Waals surface area contributed by atoms with Crippen LogP contribution in [0, 0.1) is 26.6 Å². The van der Waals surface area contributed by atoms with Crippen molar-refractivity contribution in [2.24, 2.45) is 0 Å². The molecule has 0 bridgehead atoms. The monoisotopic (exact) mass is 319 g/mol. The largest absolute Gasteiger partial charge is 0.277 e. The number of para-hydroxylation sites is 1. The molecule has 0 saturated carbocycles. The lowest BCUT2D eigenvalue weighted by atomic mass is 10.0. The van der Waals surface area contributed by atoms with Crippen LogP contribution in [0.3, 0.4) is 0 Å². The van der Waals surface area contributed by atoms with E-state index in [0.29, 0.717) is 0 Å². The summed E-state index contributed by atoms with van der Waals surface area (Å²) in [6, 6.07) is 9.63. The third-order valence-corrected chi connectivity index (χ3v) is 4.28. The number of anilines is 1. The Morgan fingerprint density at radius 1 is 1.05 bits per heavy atom. The molecule has 5 heteroatoms. The molecular weight excluding hydrogens is 301 g/mol.